The Morgan fingerprint density at radius 3 is 2.61 bits per heavy atom. The van der Waals surface area contributed by atoms with Crippen molar-refractivity contribution in [1.82, 2.24) is 15.2 Å². The third-order valence-corrected chi connectivity index (χ3v) is 6.09. The van der Waals surface area contributed by atoms with Crippen LogP contribution in [0, 0.1) is 11.7 Å². The molecule has 2 aromatic carbocycles. The number of rotatable bonds is 8. The Labute approximate surface area is 198 Å². The molecule has 3 aromatic rings. The van der Waals surface area contributed by atoms with Gasteiger partial charge in [0.1, 0.15) is 18.2 Å². The number of hydrogen-bond acceptors (Lipinski definition) is 4. The predicted octanol–water partition coefficient (Wildman–Crippen LogP) is 4.87. The van der Waals surface area contributed by atoms with Crippen LogP contribution in [0.1, 0.15) is 30.1 Å². The molecule has 2 heterocycles. The maximum Gasteiger partial charge on any atom is 0.226 e. The van der Waals surface area contributed by atoms with Crippen LogP contribution in [0.2, 0.25) is 5.02 Å². The Bertz CT molecular complexity index is 1040. The quantitative estimate of drug-likeness (QED) is 0.513. The van der Waals surface area contributed by atoms with Gasteiger partial charge in [-0.05, 0) is 67.9 Å². The van der Waals surface area contributed by atoms with Crippen molar-refractivity contribution in [3.8, 4) is 5.75 Å². The second kappa shape index (κ2) is 11.3. The van der Waals surface area contributed by atoms with Crippen molar-refractivity contribution in [1.29, 1.82) is 0 Å². The lowest BCUT2D eigenvalue weighted by atomic mass is 9.93. The van der Waals surface area contributed by atoms with Crippen molar-refractivity contribution in [2.45, 2.75) is 18.9 Å². The average Bonchev–Trinajstić information content (AvgIpc) is 2.85. The van der Waals surface area contributed by atoms with E-state index in [1.165, 1.54) is 12.1 Å². The van der Waals surface area contributed by atoms with Gasteiger partial charge in [0.15, 0.2) is 0 Å². The standard InChI is InChI=1S/C26H27ClFN3O2/c27-21-9-7-19(8-10-21)25(24-6-1-2-13-30-24)31(26(32)20-11-14-29-15-12-20)16-17-33-23-5-3-4-22(28)18-23/h1-10,13,18,20,25,29H,11-12,14-17H2. The summed E-state index contributed by atoms with van der Waals surface area (Å²) in [5, 5.41) is 3.95. The zero-order valence-corrected chi connectivity index (χ0v) is 19.0. The first-order valence-electron chi connectivity index (χ1n) is 11.2. The molecule has 1 aliphatic rings. The fraction of sp³-hybridized carbons (Fsp3) is 0.308. The van der Waals surface area contributed by atoms with Crippen molar-refractivity contribution < 1.29 is 13.9 Å². The normalized spacial score (nSPS) is 15.1. The summed E-state index contributed by atoms with van der Waals surface area (Å²) in [6.45, 7) is 2.21. The molecule has 1 amide bonds. The molecule has 1 unspecified atom stereocenters. The second-order valence-electron chi connectivity index (χ2n) is 8.07. The van der Waals surface area contributed by atoms with Crippen LogP contribution in [-0.4, -0.2) is 42.0 Å². The molecule has 5 nitrogen and oxygen atoms in total. The number of halogens is 2. The second-order valence-corrected chi connectivity index (χ2v) is 8.51. The Kier molecular flexibility index (Phi) is 7.92. The number of ether oxygens (including phenoxy) is 1. The van der Waals surface area contributed by atoms with E-state index in [4.69, 9.17) is 16.3 Å². The zero-order chi connectivity index (χ0) is 23.0. The molecule has 1 fully saturated rings. The summed E-state index contributed by atoms with van der Waals surface area (Å²) in [5.74, 6) is 0.0803. The van der Waals surface area contributed by atoms with Crippen molar-refractivity contribution in [3.05, 3.63) is 95.0 Å². The van der Waals surface area contributed by atoms with Gasteiger partial charge in [-0.3, -0.25) is 9.78 Å². The molecular formula is C26H27ClFN3O2. The number of hydrogen-bond donors (Lipinski definition) is 1. The Morgan fingerprint density at radius 1 is 1.12 bits per heavy atom. The van der Waals surface area contributed by atoms with Gasteiger partial charge in [0.2, 0.25) is 5.91 Å². The number of amides is 1. The van der Waals surface area contributed by atoms with Gasteiger partial charge in [0, 0.05) is 23.2 Å². The molecular weight excluding hydrogens is 441 g/mol. The third kappa shape index (κ3) is 6.09. The fourth-order valence-corrected chi connectivity index (χ4v) is 4.31. The summed E-state index contributed by atoms with van der Waals surface area (Å²) in [6.07, 6.45) is 3.31. The molecule has 0 spiro atoms. The van der Waals surface area contributed by atoms with Crippen molar-refractivity contribution in [3.63, 3.8) is 0 Å². The maximum absolute atomic E-state index is 13.8. The highest BCUT2D eigenvalue weighted by Crippen LogP contribution is 2.31. The van der Waals surface area contributed by atoms with Crippen LogP contribution >= 0.6 is 11.6 Å². The lowest BCUT2D eigenvalue weighted by molar-refractivity contribution is -0.138. The van der Waals surface area contributed by atoms with Crippen LogP contribution in [0.25, 0.3) is 0 Å². The van der Waals surface area contributed by atoms with Gasteiger partial charge in [-0.25, -0.2) is 4.39 Å². The van der Waals surface area contributed by atoms with Gasteiger partial charge in [0.05, 0.1) is 18.3 Å². The summed E-state index contributed by atoms with van der Waals surface area (Å²) in [7, 11) is 0. The molecule has 172 valence electrons. The van der Waals surface area contributed by atoms with Crippen molar-refractivity contribution in [2.24, 2.45) is 5.92 Å². The highest BCUT2D eigenvalue weighted by molar-refractivity contribution is 6.30. The van der Waals surface area contributed by atoms with Gasteiger partial charge >= 0.3 is 0 Å². The van der Waals surface area contributed by atoms with E-state index in [0.29, 0.717) is 17.3 Å². The van der Waals surface area contributed by atoms with Gasteiger partial charge in [-0.2, -0.15) is 0 Å². The van der Waals surface area contributed by atoms with Crippen molar-refractivity contribution in [2.75, 3.05) is 26.2 Å². The predicted molar refractivity (Wildman–Crippen MR) is 127 cm³/mol. The minimum atomic E-state index is -0.387. The summed E-state index contributed by atoms with van der Waals surface area (Å²) in [4.78, 5) is 20.2. The Hall–Kier alpha value is -2.96. The molecule has 1 aromatic heterocycles. The fourth-order valence-electron chi connectivity index (χ4n) is 4.18. The SMILES string of the molecule is O=C(C1CCNCC1)N(CCOc1cccc(F)c1)C(c1ccc(Cl)cc1)c1ccccn1. The number of carbonyl (C=O) groups excluding carboxylic acids is 1. The van der Waals surface area contributed by atoms with E-state index in [1.807, 2.05) is 47.4 Å². The highest BCUT2D eigenvalue weighted by atomic mass is 35.5. The highest BCUT2D eigenvalue weighted by Gasteiger charge is 2.33. The molecule has 0 saturated carbocycles. The van der Waals surface area contributed by atoms with Crippen LogP contribution < -0.4 is 10.1 Å². The van der Waals surface area contributed by atoms with Crippen LogP contribution in [-0.2, 0) is 4.79 Å². The monoisotopic (exact) mass is 467 g/mol. The van der Waals surface area contributed by atoms with Crippen LogP contribution in [0.15, 0.2) is 72.9 Å². The minimum Gasteiger partial charge on any atom is -0.492 e. The smallest absolute Gasteiger partial charge is 0.226 e. The number of nitrogens with zero attached hydrogens (tertiary/aromatic N) is 2. The molecule has 0 aliphatic carbocycles. The van der Waals surface area contributed by atoms with E-state index in [2.05, 4.69) is 10.3 Å². The molecule has 7 heteroatoms. The molecule has 0 radical (unpaired) electrons. The first-order valence-corrected chi connectivity index (χ1v) is 11.6. The summed E-state index contributed by atoms with van der Waals surface area (Å²) >= 11 is 6.14. The van der Waals surface area contributed by atoms with E-state index in [9.17, 15) is 9.18 Å². The van der Waals surface area contributed by atoms with E-state index < -0.39 is 0 Å². The number of benzene rings is 2. The molecule has 33 heavy (non-hydrogen) atoms. The number of pyridine rings is 1. The topological polar surface area (TPSA) is 54.5 Å². The largest absolute Gasteiger partial charge is 0.492 e. The van der Waals surface area contributed by atoms with Gasteiger partial charge < -0.3 is 15.0 Å². The third-order valence-electron chi connectivity index (χ3n) is 5.83. The molecule has 0 bridgehead atoms. The summed E-state index contributed by atoms with van der Waals surface area (Å²) in [6, 6.07) is 18.8. The van der Waals surface area contributed by atoms with Gasteiger partial charge in [-0.1, -0.05) is 35.9 Å². The van der Waals surface area contributed by atoms with Gasteiger partial charge in [0.25, 0.3) is 0 Å². The molecule has 1 N–H and O–H groups in total. The van der Waals surface area contributed by atoms with E-state index in [1.54, 1.807) is 18.3 Å². The average molecular weight is 468 g/mol. The molecule has 4 rings (SSSR count). The number of aromatic nitrogens is 1. The van der Waals surface area contributed by atoms with Crippen LogP contribution in [0.5, 0.6) is 5.75 Å². The lowest BCUT2D eigenvalue weighted by Gasteiger charge is -2.35. The van der Waals surface area contributed by atoms with E-state index >= 15 is 0 Å². The first kappa shape index (κ1) is 23.2. The summed E-state index contributed by atoms with van der Waals surface area (Å²) < 4.78 is 19.4. The maximum atomic E-state index is 13.8. The van der Waals surface area contributed by atoms with E-state index in [-0.39, 0.29) is 30.3 Å². The Morgan fingerprint density at radius 2 is 1.91 bits per heavy atom. The van der Waals surface area contributed by atoms with Crippen molar-refractivity contribution >= 4 is 17.5 Å². The van der Waals surface area contributed by atoms with Gasteiger partial charge in [-0.15, -0.1) is 0 Å². The first-order chi connectivity index (χ1) is 16.1. The van der Waals surface area contributed by atoms with E-state index in [0.717, 1.165) is 37.2 Å². The molecule has 1 atom stereocenters. The van der Waals surface area contributed by atoms with Crippen LogP contribution in [0.3, 0.4) is 0 Å². The zero-order valence-electron chi connectivity index (χ0n) is 18.3. The molecule has 1 saturated heterocycles. The molecule has 1 aliphatic heterocycles. The van der Waals surface area contributed by atoms with Crippen LogP contribution in [0.4, 0.5) is 4.39 Å². The number of piperidine rings is 1. The Balaban J connectivity index is 1.64. The lowest BCUT2D eigenvalue weighted by Crippen LogP contribution is -2.45. The number of nitrogens with one attached hydrogen (secondary N) is 1. The number of carbonyl (C=O) groups is 1. The minimum absolute atomic E-state index is 0.0704. The summed E-state index contributed by atoms with van der Waals surface area (Å²) in [5.41, 5.74) is 1.69.